The summed E-state index contributed by atoms with van der Waals surface area (Å²) in [4.78, 5) is 18.4. The zero-order chi connectivity index (χ0) is 23.7. The lowest BCUT2D eigenvalue weighted by atomic mass is 10.1. The molecule has 0 spiro atoms. The fourth-order valence-electron chi connectivity index (χ4n) is 3.84. The number of pyridine rings is 1. The molecular formula is C29H26N5+. The van der Waals surface area contributed by atoms with Crippen LogP contribution < -0.4 is 4.57 Å². The molecule has 1 aromatic heterocycles. The zero-order valence-electron chi connectivity index (χ0n) is 19.8. The summed E-state index contributed by atoms with van der Waals surface area (Å²) in [7, 11) is 2.07. The van der Waals surface area contributed by atoms with E-state index in [0.717, 1.165) is 45.6 Å². The van der Waals surface area contributed by atoms with Gasteiger partial charge < -0.3 is 0 Å². The fourth-order valence-corrected chi connectivity index (χ4v) is 3.84. The van der Waals surface area contributed by atoms with Gasteiger partial charge in [-0.05, 0) is 92.3 Å². The van der Waals surface area contributed by atoms with E-state index < -0.39 is 0 Å². The first-order chi connectivity index (χ1) is 16.4. The lowest BCUT2D eigenvalue weighted by Crippen LogP contribution is -2.32. The van der Waals surface area contributed by atoms with Gasteiger partial charge in [-0.25, -0.2) is 24.5 Å². The van der Waals surface area contributed by atoms with Gasteiger partial charge in [0, 0.05) is 18.6 Å². The van der Waals surface area contributed by atoms with Crippen molar-refractivity contribution in [3.63, 3.8) is 0 Å². The summed E-state index contributed by atoms with van der Waals surface area (Å²) >= 11 is 0. The van der Waals surface area contributed by atoms with E-state index in [1.165, 1.54) is 16.8 Å². The van der Waals surface area contributed by atoms with E-state index in [0.29, 0.717) is 0 Å². The highest BCUT2D eigenvalue weighted by molar-refractivity contribution is 6.14. The minimum Gasteiger partial charge on any atom is -0.249 e. The predicted octanol–water partition coefficient (Wildman–Crippen LogP) is 5.02. The largest absolute Gasteiger partial charge is 0.249 e. The van der Waals surface area contributed by atoms with Crippen molar-refractivity contribution in [3.05, 3.63) is 125 Å². The van der Waals surface area contributed by atoms with Crippen molar-refractivity contribution in [2.45, 2.75) is 20.8 Å². The summed E-state index contributed by atoms with van der Waals surface area (Å²) in [5.41, 5.74) is 11.3. The Hall–Kier alpha value is -4.25. The Labute approximate surface area is 200 Å². The molecule has 0 aromatic carbocycles. The molecule has 5 nitrogen and oxygen atoms in total. The molecular weight excluding hydrogens is 418 g/mol. The number of nitrogens with zero attached hydrogens (tertiary/aromatic N) is 5. The van der Waals surface area contributed by atoms with Gasteiger partial charge in [0.15, 0.2) is 11.9 Å². The maximum atomic E-state index is 4.59. The molecule has 6 heterocycles. The van der Waals surface area contributed by atoms with Gasteiger partial charge in [0.05, 0.1) is 45.6 Å². The number of rotatable bonds is 0. The Balaban J connectivity index is 0.000000204. The van der Waals surface area contributed by atoms with Gasteiger partial charge in [-0.1, -0.05) is 0 Å². The van der Waals surface area contributed by atoms with Gasteiger partial charge in [0.2, 0.25) is 0 Å². The summed E-state index contributed by atoms with van der Waals surface area (Å²) in [6.07, 6.45) is 25.9. The van der Waals surface area contributed by atoms with Crippen molar-refractivity contribution in [2.24, 2.45) is 27.0 Å². The van der Waals surface area contributed by atoms with Gasteiger partial charge in [-0.3, -0.25) is 0 Å². The maximum Gasteiger partial charge on any atom is 0.181 e. The van der Waals surface area contributed by atoms with Crippen LogP contribution in [0.25, 0.3) is 0 Å². The van der Waals surface area contributed by atoms with Crippen LogP contribution in [-0.2, 0) is 7.05 Å². The monoisotopic (exact) mass is 444 g/mol. The van der Waals surface area contributed by atoms with Crippen LogP contribution in [0.5, 0.6) is 0 Å². The topological polar surface area (TPSA) is 53.3 Å². The van der Waals surface area contributed by atoms with Crippen molar-refractivity contribution in [1.82, 2.24) is 0 Å². The van der Waals surface area contributed by atoms with E-state index in [4.69, 9.17) is 0 Å². The van der Waals surface area contributed by atoms with Crippen LogP contribution in [0.2, 0.25) is 0 Å². The molecule has 6 rings (SSSR count). The van der Waals surface area contributed by atoms with Gasteiger partial charge in [0.25, 0.3) is 0 Å². The van der Waals surface area contributed by atoms with E-state index in [1.54, 1.807) is 0 Å². The van der Waals surface area contributed by atoms with Crippen molar-refractivity contribution >= 4 is 22.8 Å². The summed E-state index contributed by atoms with van der Waals surface area (Å²) in [5.74, 6) is 0. The second-order valence-corrected chi connectivity index (χ2v) is 8.58. The second kappa shape index (κ2) is 8.94. The van der Waals surface area contributed by atoms with E-state index in [-0.39, 0.29) is 0 Å². The Kier molecular flexibility index (Phi) is 5.68. The van der Waals surface area contributed by atoms with Crippen LogP contribution in [0.3, 0.4) is 0 Å². The molecule has 5 aliphatic heterocycles. The molecule has 166 valence electrons. The molecule has 8 bridgehead atoms. The molecule has 0 unspecified atom stereocenters. The van der Waals surface area contributed by atoms with Crippen molar-refractivity contribution in [1.29, 1.82) is 0 Å². The lowest BCUT2D eigenvalue weighted by molar-refractivity contribution is -0.678. The van der Waals surface area contributed by atoms with Crippen LogP contribution >= 0.6 is 0 Å². The third-order valence-electron chi connectivity index (χ3n) is 6.13. The summed E-state index contributed by atoms with van der Waals surface area (Å²) < 4.78 is 2.14. The van der Waals surface area contributed by atoms with Gasteiger partial charge in [-0.2, -0.15) is 0 Å². The lowest BCUT2D eigenvalue weighted by Gasteiger charge is -2.00. The average molecular weight is 445 g/mol. The molecule has 0 saturated heterocycles. The van der Waals surface area contributed by atoms with Gasteiger partial charge in [0.1, 0.15) is 7.05 Å². The number of hydrogen-bond donors (Lipinski definition) is 0. The number of aryl methyl sites for hydroxylation is 2. The Bertz CT molecular complexity index is 1250. The van der Waals surface area contributed by atoms with E-state index >= 15 is 0 Å². The third kappa shape index (κ3) is 4.74. The molecule has 1 aromatic rings. The first kappa shape index (κ1) is 21.6. The molecule has 0 radical (unpaired) electrons. The van der Waals surface area contributed by atoms with Crippen LogP contribution in [0.1, 0.15) is 16.8 Å². The zero-order valence-corrected chi connectivity index (χ0v) is 19.8. The number of allylic oxidation sites excluding steroid dienone is 12. The third-order valence-corrected chi connectivity index (χ3v) is 6.13. The normalized spacial score (nSPS) is 18.9. The Morgan fingerprint density at radius 3 is 1.21 bits per heavy atom. The molecule has 0 amide bonds. The van der Waals surface area contributed by atoms with Gasteiger partial charge >= 0.3 is 0 Å². The molecule has 0 atom stereocenters. The standard InChI is InChI=1S/C20H12N4.C9H14N/c1-2-14-10-16-5-6-18(23-16)12-20-8-7-19(24-20)11-17-4-3-15(22-17)9-13(1)21-14;1-7-5-6-10(4)9(3)8(7)2/h1-12H;5-6H,1-4H3/q;+1. The van der Waals surface area contributed by atoms with Crippen molar-refractivity contribution < 1.29 is 4.57 Å². The van der Waals surface area contributed by atoms with E-state index in [1.807, 2.05) is 72.9 Å². The van der Waals surface area contributed by atoms with E-state index in [2.05, 4.69) is 64.6 Å². The Morgan fingerprint density at radius 2 is 0.882 bits per heavy atom. The number of aliphatic imine (C=N–C) groups is 4. The number of fused-ring (bicyclic) bond motifs is 4. The predicted molar refractivity (Wildman–Crippen MR) is 140 cm³/mol. The van der Waals surface area contributed by atoms with Crippen LogP contribution in [0.15, 0.2) is 128 Å². The van der Waals surface area contributed by atoms with Crippen molar-refractivity contribution in [2.75, 3.05) is 0 Å². The van der Waals surface area contributed by atoms with Crippen LogP contribution in [0, 0.1) is 20.8 Å². The molecule has 34 heavy (non-hydrogen) atoms. The molecule has 5 heteroatoms. The quantitative estimate of drug-likeness (QED) is 0.505. The first-order valence-electron chi connectivity index (χ1n) is 11.3. The average Bonchev–Trinajstić information content (AvgIpc) is 3.61. The highest BCUT2D eigenvalue weighted by atomic mass is 14.9. The molecule has 0 N–H and O–H groups in total. The highest BCUT2D eigenvalue weighted by Crippen LogP contribution is 2.20. The van der Waals surface area contributed by atoms with Gasteiger partial charge in [-0.15, -0.1) is 0 Å². The Morgan fingerprint density at radius 1 is 0.529 bits per heavy atom. The fraction of sp³-hybridized carbons (Fsp3) is 0.138. The van der Waals surface area contributed by atoms with Crippen LogP contribution in [0.4, 0.5) is 0 Å². The van der Waals surface area contributed by atoms with Crippen molar-refractivity contribution in [3.8, 4) is 0 Å². The second-order valence-electron chi connectivity index (χ2n) is 8.58. The minimum absolute atomic E-state index is 0.894. The maximum absolute atomic E-state index is 4.59. The summed E-state index contributed by atoms with van der Waals surface area (Å²) in [6, 6.07) is 2.14. The SMILES string of the molecule is C1=CC2=NC1=CC1=NC(=CC3=NC(=CC4=NC(=C2)C=C4)C=C3)C=C1.Cc1cc[n+](C)c(C)c1C. The summed E-state index contributed by atoms with van der Waals surface area (Å²) in [6.45, 7) is 6.44. The summed E-state index contributed by atoms with van der Waals surface area (Å²) in [5, 5.41) is 0. The first-order valence-corrected chi connectivity index (χ1v) is 11.3. The molecule has 0 saturated carbocycles. The molecule has 0 fully saturated rings. The van der Waals surface area contributed by atoms with E-state index in [9.17, 15) is 0 Å². The number of hydrogen-bond acceptors (Lipinski definition) is 4. The smallest absolute Gasteiger partial charge is 0.181 e. The number of aromatic nitrogens is 1. The molecule has 0 aliphatic carbocycles. The minimum atomic E-state index is 0.894. The molecule has 5 aliphatic rings. The highest BCUT2D eigenvalue weighted by Gasteiger charge is 2.11. The van der Waals surface area contributed by atoms with Crippen LogP contribution in [-0.4, -0.2) is 22.8 Å².